The number of amides is 2. The van der Waals surface area contributed by atoms with Gasteiger partial charge in [0.2, 0.25) is 24.6 Å². The molecule has 11 heteroatoms. The molecule has 0 saturated carbocycles. The fourth-order valence-electron chi connectivity index (χ4n) is 2.86. The second-order valence-electron chi connectivity index (χ2n) is 6.15. The van der Waals surface area contributed by atoms with Gasteiger partial charge in [0.05, 0.1) is 5.92 Å². The third kappa shape index (κ3) is 3.26. The van der Waals surface area contributed by atoms with E-state index in [9.17, 15) is 14.4 Å². The number of carbonyl (C=O) groups excluding carboxylic acids is 2. The standard InChI is InChI=1S/C16H16N6O5/c1-8-14(24)17-16(20-18-8)21-19-15(25)9-4-13(23)22(6-9)10-2-3-11-12(5-10)27-7-26-11/h2-3,5,9H,4,6-7H2,1H3,(H,19,25)(H2,17,20,21,24)/t9-/m1/s1. The maximum Gasteiger partial charge on any atom is 0.274 e. The second-order valence-corrected chi connectivity index (χ2v) is 6.15. The highest BCUT2D eigenvalue weighted by Crippen LogP contribution is 2.37. The average molecular weight is 372 g/mol. The van der Waals surface area contributed by atoms with Crippen molar-refractivity contribution >= 4 is 23.5 Å². The zero-order valence-corrected chi connectivity index (χ0v) is 14.3. The van der Waals surface area contributed by atoms with E-state index in [-0.39, 0.29) is 37.3 Å². The highest BCUT2D eigenvalue weighted by molar-refractivity contribution is 6.00. The number of carbonyl (C=O) groups is 2. The fourth-order valence-corrected chi connectivity index (χ4v) is 2.86. The molecule has 4 rings (SSSR count). The van der Waals surface area contributed by atoms with Gasteiger partial charge < -0.3 is 14.4 Å². The predicted octanol–water partition coefficient (Wildman–Crippen LogP) is -0.302. The summed E-state index contributed by atoms with van der Waals surface area (Å²) in [6, 6.07) is 5.19. The number of ether oxygens (including phenoxy) is 2. The van der Waals surface area contributed by atoms with Crippen molar-refractivity contribution < 1.29 is 19.1 Å². The lowest BCUT2D eigenvalue weighted by atomic mass is 10.1. The molecule has 3 heterocycles. The van der Waals surface area contributed by atoms with Crippen molar-refractivity contribution in [3.05, 3.63) is 34.2 Å². The Hall–Kier alpha value is -3.63. The number of benzene rings is 1. The Morgan fingerprint density at radius 1 is 1.26 bits per heavy atom. The maximum atomic E-state index is 12.3. The van der Waals surface area contributed by atoms with E-state index in [1.54, 1.807) is 18.2 Å². The van der Waals surface area contributed by atoms with Gasteiger partial charge in [-0.2, -0.15) is 0 Å². The van der Waals surface area contributed by atoms with E-state index >= 15 is 0 Å². The third-order valence-electron chi connectivity index (χ3n) is 4.33. The Morgan fingerprint density at radius 2 is 2.07 bits per heavy atom. The normalized spacial score (nSPS) is 17.9. The van der Waals surface area contributed by atoms with Gasteiger partial charge in [0.25, 0.3) is 5.56 Å². The molecule has 0 aliphatic carbocycles. The molecule has 2 aliphatic rings. The van der Waals surface area contributed by atoms with Crippen LogP contribution in [0.3, 0.4) is 0 Å². The number of aromatic amines is 1. The fraction of sp³-hybridized carbons (Fsp3) is 0.312. The van der Waals surface area contributed by atoms with Crippen LogP contribution in [0, 0.1) is 12.8 Å². The SMILES string of the molecule is Cc1nnc(NNC(=O)[C@@H]2CC(=O)N(c3ccc4c(c3)OCO4)C2)[nH]c1=O. The van der Waals surface area contributed by atoms with Crippen molar-refractivity contribution in [2.75, 3.05) is 23.7 Å². The molecule has 1 saturated heterocycles. The summed E-state index contributed by atoms with van der Waals surface area (Å²) in [5.41, 5.74) is 5.38. The van der Waals surface area contributed by atoms with E-state index in [4.69, 9.17) is 9.47 Å². The van der Waals surface area contributed by atoms with E-state index in [1.165, 1.54) is 11.8 Å². The monoisotopic (exact) mass is 372 g/mol. The molecule has 2 aromatic rings. The number of rotatable bonds is 4. The lowest BCUT2D eigenvalue weighted by Crippen LogP contribution is -2.37. The van der Waals surface area contributed by atoms with Gasteiger partial charge in [-0.25, -0.2) is 0 Å². The summed E-state index contributed by atoms with van der Waals surface area (Å²) in [6.45, 7) is 1.89. The zero-order valence-electron chi connectivity index (χ0n) is 14.3. The van der Waals surface area contributed by atoms with Crippen LogP contribution < -0.4 is 30.8 Å². The second kappa shape index (κ2) is 6.59. The Kier molecular flexibility index (Phi) is 4.11. The molecule has 0 spiro atoms. The maximum absolute atomic E-state index is 12.3. The zero-order chi connectivity index (χ0) is 19.0. The van der Waals surface area contributed by atoms with Gasteiger partial charge in [0.15, 0.2) is 11.5 Å². The van der Waals surface area contributed by atoms with Crippen molar-refractivity contribution in [3.8, 4) is 11.5 Å². The van der Waals surface area contributed by atoms with Crippen molar-refractivity contribution in [1.29, 1.82) is 0 Å². The number of fused-ring (bicyclic) bond motifs is 1. The van der Waals surface area contributed by atoms with E-state index in [0.29, 0.717) is 17.2 Å². The van der Waals surface area contributed by atoms with Crippen LogP contribution in [0.4, 0.5) is 11.6 Å². The summed E-state index contributed by atoms with van der Waals surface area (Å²) in [4.78, 5) is 40.1. The van der Waals surface area contributed by atoms with Crippen molar-refractivity contribution in [2.24, 2.45) is 5.92 Å². The molecule has 0 unspecified atom stereocenters. The largest absolute Gasteiger partial charge is 0.454 e. The highest BCUT2D eigenvalue weighted by atomic mass is 16.7. The number of hydrazine groups is 1. The minimum absolute atomic E-state index is 0.0101. The Bertz CT molecular complexity index is 974. The Balaban J connectivity index is 1.40. The number of anilines is 2. The van der Waals surface area contributed by atoms with Gasteiger partial charge in [0, 0.05) is 24.7 Å². The number of nitrogens with one attached hydrogen (secondary N) is 3. The number of aryl methyl sites for hydroxylation is 1. The van der Waals surface area contributed by atoms with Crippen molar-refractivity contribution in [2.45, 2.75) is 13.3 Å². The van der Waals surface area contributed by atoms with Crippen LogP contribution in [0.1, 0.15) is 12.1 Å². The van der Waals surface area contributed by atoms with Crippen molar-refractivity contribution in [1.82, 2.24) is 20.6 Å². The number of hydrogen-bond acceptors (Lipinski definition) is 8. The molecule has 140 valence electrons. The van der Waals surface area contributed by atoms with E-state index in [1.807, 2.05) is 0 Å². The first-order valence-electron chi connectivity index (χ1n) is 8.21. The van der Waals surface area contributed by atoms with Crippen LogP contribution in [0.25, 0.3) is 0 Å². The predicted molar refractivity (Wildman–Crippen MR) is 92.2 cm³/mol. The highest BCUT2D eigenvalue weighted by Gasteiger charge is 2.35. The molecule has 1 fully saturated rings. The first-order valence-corrected chi connectivity index (χ1v) is 8.21. The Labute approximate surface area is 152 Å². The quantitative estimate of drug-likeness (QED) is 0.622. The van der Waals surface area contributed by atoms with Crippen LogP contribution in [-0.2, 0) is 9.59 Å². The first kappa shape index (κ1) is 16.8. The summed E-state index contributed by atoms with van der Waals surface area (Å²) in [5, 5.41) is 7.37. The van der Waals surface area contributed by atoms with Crippen LogP contribution in [0.2, 0.25) is 0 Å². The van der Waals surface area contributed by atoms with Gasteiger partial charge in [-0.1, -0.05) is 0 Å². The summed E-state index contributed by atoms with van der Waals surface area (Å²) in [5.74, 6) is 0.0812. The summed E-state index contributed by atoms with van der Waals surface area (Å²) >= 11 is 0. The van der Waals surface area contributed by atoms with Crippen LogP contribution in [0.5, 0.6) is 11.5 Å². The minimum atomic E-state index is -0.555. The molecule has 27 heavy (non-hydrogen) atoms. The van der Waals surface area contributed by atoms with E-state index in [2.05, 4.69) is 26.0 Å². The first-order chi connectivity index (χ1) is 13.0. The molecule has 2 aliphatic heterocycles. The summed E-state index contributed by atoms with van der Waals surface area (Å²) < 4.78 is 10.6. The number of H-pyrrole nitrogens is 1. The third-order valence-corrected chi connectivity index (χ3v) is 4.33. The Morgan fingerprint density at radius 3 is 2.89 bits per heavy atom. The molecule has 0 radical (unpaired) electrons. The van der Waals surface area contributed by atoms with Gasteiger partial charge in [-0.05, 0) is 19.1 Å². The van der Waals surface area contributed by atoms with E-state index in [0.717, 1.165) is 0 Å². The van der Waals surface area contributed by atoms with Crippen molar-refractivity contribution in [3.63, 3.8) is 0 Å². The van der Waals surface area contributed by atoms with Crippen LogP contribution in [0.15, 0.2) is 23.0 Å². The lowest BCUT2D eigenvalue weighted by Gasteiger charge is -2.17. The van der Waals surface area contributed by atoms with Crippen LogP contribution in [-0.4, -0.2) is 40.3 Å². The van der Waals surface area contributed by atoms with Gasteiger partial charge in [-0.3, -0.25) is 30.2 Å². The molecule has 1 aromatic heterocycles. The number of nitrogens with zero attached hydrogens (tertiary/aromatic N) is 3. The summed E-state index contributed by atoms with van der Waals surface area (Å²) in [7, 11) is 0. The summed E-state index contributed by atoms with van der Waals surface area (Å²) in [6.07, 6.45) is 0.0675. The molecule has 2 amide bonds. The smallest absolute Gasteiger partial charge is 0.274 e. The molecule has 1 aromatic carbocycles. The minimum Gasteiger partial charge on any atom is -0.454 e. The molecule has 1 atom stereocenters. The van der Waals surface area contributed by atoms with Gasteiger partial charge in [-0.15, -0.1) is 10.2 Å². The molecule has 11 nitrogen and oxygen atoms in total. The number of hydrogen-bond donors (Lipinski definition) is 3. The lowest BCUT2D eigenvalue weighted by molar-refractivity contribution is -0.125. The average Bonchev–Trinajstić information content (AvgIpc) is 3.28. The number of aromatic nitrogens is 3. The molecular weight excluding hydrogens is 356 g/mol. The van der Waals surface area contributed by atoms with Gasteiger partial charge in [0.1, 0.15) is 5.69 Å². The molecule has 0 bridgehead atoms. The molecular formula is C16H16N6O5. The van der Waals surface area contributed by atoms with Gasteiger partial charge >= 0.3 is 0 Å². The van der Waals surface area contributed by atoms with E-state index < -0.39 is 17.4 Å². The topological polar surface area (TPSA) is 139 Å². The molecule has 3 N–H and O–H groups in total. The van der Waals surface area contributed by atoms with Crippen LogP contribution >= 0.6 is 0 Å².